The van der Waals surface area contributed by atoms with Crippen LogP contribution >= 0.6 is 38.5 Å². The number of halogens is 2. The van der Waals surface area contributed by atoms with E-state index in [9.17, 15) is 4.79 Å². The lowest BCUT2D eigenvalue weighted by molar-refractivity contribution is 0.0819. The zero-order valence-electron chi connectivity index (χ0n) is 10.0. The maximum absolute atomic E-state index is 12.1. The predicted octanol–water partition coefficient (Wildman–Crippen LogP) is 3.21. The highest BCUT2D eigenvalue weighted by molar-refractivity contribution is 14.1. The lowest BCUT2D eigenvalue weighted by atomic mass is 10.1. The fourth-order valence-corrected chi connectivity index (χ4v) is 2.36. The standard InChI is InChI=1S/C12H15BrINO2/c1-12(2,7-17-3)15-11(16)9-6-8(14)4-5-10(9)13/h4-6H,7H2,1-3H3,(H,15,16). The van der Waals surface area contributed by atoms with E-state index < -0.39 is 0 Å². The monoisotopic (exact) mass is 411 g/mol. The van der Waals surface area contributed by atoms with Crippen molar-refractivity contribution < 1.29 is 9.53 Å². The highest BCUT2D eigenvalue weighted by atomic mass is 127. The lowest BCUT2D eigenvalue weighted by Gasteiger charge is -2.25. The van der Waals surface area contributed by atoms with Crippen LogP contribution in [0.5, 0.6) is 0 Å². The van der Waals surface area contributed by atoms with Gasteiger partial charge in [-0.2, -0.15) is 0 Å². The molecule has 1 aromatic rings. The minimum atomic E-state index is -0.382. The second kappa shape index (κ2) is 6.15. The van der Waals surface area contributed by atoms with Gasteiger partial charge in [0.25, 0.3) is 5.91 Å². The maximum Gasteiger partial charge on any atom is 0.252 e. The molecule has 0 spiro atoms. The molecule has 1 amide bonds. The molecule has 3 nitrogen and oxygen atoms in total. The van der Waals surface area contributed by atoms with Gasteiger partial charge in [0.05, 0.1) is 17.7 Å². The Morgan fingerprint density at radius 2 is 2.18 bits per heavy atom. The molecule has 0 heterocycles. The SMILES string of the molecule is COCC(C)(C)NC(=O)c1cc(I)ccc1Br. The quantitative estimate of drug-likeness (QED) is 0.772. The first-order valence-electron chi connectivity index (χ1n) is 5.12. The van der Waals surface area contributed by atoms with Gasteiger partial charge in [-0.3, -0.25) is 4.79 Å². The number of ether oxygens (including phenoxy) is 1. The molecule has 0 bridgehead atoms. The molecule has 0 fully saturated rings. The van der Waals surface area contributed by atoms with Crippen LogP contribution in [0, 0.1) is 3.57 Å². The highest BCUT2D eigenvalue weighted by Crippen LogP contribution is 2.20. The Kier molecular flexibility index (Phi) is 5.40. The first-order chi connectivity index (χ1) is 7.85. The molecule has 0 atom stereocenters. The van der Waals surface area contributed by atoms with Crippen LogP contribution in [0.4, 0.5) is 0 Å². The average molecular weight is 412 g/mol. The molecule has 0 aliphatic carbocycles. The average Bonchev–Trinajstić information content (AvgIpc) is 2.20. The van der Waals surface area contributed by atoms with E-state index in [4.69, 9.17) is 4.74 Å². The summed E-state index contributed by atoms with van der Waals surface area (Å²) in [6.45, 7) is 4.33. The van der Waals surface area contributed by atoms with E-state index in [1.807, 2.05) is 32.0 Å². The van der Waals surface area contributed by atoms with Crippen molar-refractivity contribution in [1.82, 2.24) is 5.32 Å². The molecular weight excluding hydrogens is 397 g/mol. The van der Waals surface area contributed by atoms with Gasteiger partial charge in [0.2, 0.25) is 0 Å². The van der Waals surface area contributed by atoms with Gasteiger partial charge in [-0.15, -0.1) is 0 Å². The van der Waals surface area contributed by atoms with Crippen molar-refractivity contribution >= 4 is 44.4 Å². The first kappa shape index (κ1) is 14.9. The molecule has 1 aromatic carbocycles. The van der Waals surface area contributed by atoms with E-state index in [2.05, 4.69) is 43.8 Å². The van der Waals surface area contributed by atoms with E-state index >= 15 is 0 Å². The molecular formula is C12H15BrINO2. The van der Waals surface area contributed by atoms with Gasteiger partial charge in [-0.05, 0) is 70.6 Å². The molecule has 0 saturated carbocycles. The Hall–Kier alpha value is -0.140. The van der Waals surface area contributed by atoms with Crippen LogP contribution in [0.3, 0.4) is 0 Å². The Bertz CT molecular complexity index is 421. The second-order valence-corrected chi connectivity index (χ2v) is 6.50. The predicted molar refractivity (Wildman–Crippen MR) is 80.3 cm³/mol. The number of hydrogen-bond acceptors (Lipinski definition) is 2. The van der Waals surface area contributed by atoms with Crippen molar-refractivity contribution in [3.63, 3.8) is 0 Å². The molecule has 1 N–H and O–H groups in total. The fraction of sp³-hybridized carbons (Fsp3) is 0.417. The van der Waals surface area contributed by atoms with E-state index in [0.29, 0.717) is 12.2 Å². The van der Waals surface area contributed by atoms with Crippen LogP contribution < -0.4 is 5.32 Å². The van der Waals surface area contributed by atoms with Gasteiger partial charge < -0.3 is 10.1 Å². The molecule has 0 aliphatic rings. The maximum atomic E-state index is 12.1. The Morgan fingerprint density at radius 1 is 1.53 bits per heavy atom. The number of carbonyl (C=O) groups is 1. The van der Waals surface area contributed by atoms with Crippen molar-refractivity contribution in [3.8, 4) is 0 Å². The van der Waals surface area contributed by atoms with Crippen LogP contribution in [0.2, 0.25) is 0 Å². The molecule has 0 aromatic heterocycles. The minimum absolute atomic E-state index is 0.0996. The fourth-order valence-electron chi connectivity index (χ4n) is 1.44. The third kappa shape index (κ3) is 4.56. The van der Waals surface area contributed by atoms with Crippen LogP contribution in [-0.4, -0.2) is 25.2 Å². The third-order valence-electron chi connectivity index (χ3n) is 2.13. The van der Waals surface area contributed by atoms with E-state index in [-0.39, 0.29) is 11.4 Å². The number of rotatable bonds is 4. The molecule has 0 saturated heterocycles. The number of nitrogens with one attached hydrogen (secondary N) is 1. The Balaban J connectivity index is 2.86. The lowest BCUT2D eigenvalue weighted by Crippen LogP contribution is -2.46. The van der Waals surface area contributed by atoms with Crippen molar-refractivity contribution in [1.29, 1.82) is 0 Å². The van der Waals surface area contributed by atoms with Gasteiger partial charge in [-0.25, -0.2) is 0 Å². The van der Waals surface area contributed by atoms with Crippen molar-refractivity contribution in [2.75, 3.05) is 13.7 Å². The largest absolute Gasteiger partial charge is 0.382 e. The molecule has 0 aliphatic heterocycles. The number of amides is 1. The summed E-state index contributed by atoms with van der Waals surface area (Å²) in [5, 5.41) is 2.94. The second-order valence-electron chi connectivity index (χ2n) is 4.40. The summed E-state index contributed by atoms with van der Waals surface area (Å²) in [5.74, 6) is -0.0996. The molecule has 5 heteroatoms. The van der Waals surface area contributed by atoms with Crippen LogP contribution in [0.1, 0.15) is 24.2 Å². The third-order valence-corrected chi connectivity index (χ3v) is 3.49. The van der Waals surface area contributed by atoms with Gasteiger partial charge in [0, 0.05) is 15.2 Å². The molecule has 0 unspecified atom stereocenters. The first-order valence-corrected chi connectivity index (χ1v) is 6.99. The number of methoxy groups -OCH3 is 1. The molecule has 0 radical (unpaired) electrons. The molecule has 1 rings (SSSR count). The van der Waals surface area contributed by atoms with Gasteiger partial charge in [-0.1, -0.05) is 0 Å². The van der Waals surface area contributed by atoms with Crippen LogP contribution in [-0.2, 0) is 4.74 Å². The zero-order valence-corrected chi connectivity index (χ0v) is 13.8. The smallest absolute Gasteiger partial charge is 0.252 e. The van der Waals surface area contributed by atoms with Crippen molar-refractivity contribution in [3.05, 3.63) is 31.8 Å². The van der Waals surface area contributed by atoms with E-state index in [1.165, 1.54) is 0 Å². The number of benzene rings is 1. The summed E-state index contributed by atoms with van der Waals surface area (Å²) in [7, 11) is 1.62. The van der Waals surface area contributed by atoms with Crippen molar-refractivity contribution in [2.45, 2.75) is 19.4 Å². The summed E-state index contributed by atoms with van der Waals surface area (Å²) in [5.41, 5.74) is 0.257. The van der Waals surface area contributed by atoms with Crippen LogP contribution in [0.25, 0.3) is 0 Å². The van der Waals surface area contributed by atoms with Gasteiger partial charge in [0.1, 0.15) is 0 Å². The Morgan fingerprint density at radius 3 is 2.76 bits per heavy atom. The summed E-state index contributed by atoms with van der Waals surface area (Å²) in [6, 6.07) is 5.67. The summed E-state index contributed by atoms with van der Waals surface area (Å²) in [4.78, 5) is 12.1. The van der Waals surface area contributed by atoms with E-state index in [0.717, 1.165) is 8.04 Å². The van der Waals surface area contributed by atoms with Gasteiger partial charge >= 0.3 is 0 Å². The molecule has 94 valence electrons. The summed E-state index contributed by atoms with van der Waals surface area (Å²) >= 11 is 5.57. The summed E-state index contributed by atoms with van der Waals surface area (Å²) < 4.78 is 6.89. The molecule has 17 heavy (non-hydrogen) atoms. The number of hydrogen-bond donors (Lipinski definition) is 1. The Labute approximate surface area is 124 Å². The highest BCUT2D eigenvalue weighted by Gasteiger charge is 2.22. The van der Waals surface area contributed by atoms with E-state index in [1.54, 1.807) is 7.11 Å². The van der Waals surface area contributed by atoms with Crippen molar-refractivity contribution in [2.24, 2.45) is 0 Å². The van der Waals surface area contributed by atoms with Crippen LogP contribution in [0.15, 0.2) is 22.7 Å². The minimum Gasteiger partial charge on any atom is -0.382 e. The normalized spacial score (nSPS) is 11.4. The zero-order chi connectivity index (χ0) is 13.1. The van der Waals surface area contributed by atoms with Gasteiger partial charge in [0.15, 0.2) is 0 Å². The summed E-state index contributed by atoms with van der Waals surface area (Å²) in [6.07, 6.45) is 0. The number of carbonyl (C=O) groups excluding carboxylic acids is 1. The topological polar surface area (TPSA) is 38.3 Å².